The molecule has 10 heteroatoms. The highest BCUT2D eigenvalue weighted by atomic mass is 16.5. The van der Waals surface area contributed by atoms with Crippen molar-refractivity contribution in [1.82, 2.24) is 19.1 Å². The van der Waals surface area contributed by atoms with Crippen LogP contribution in [-0.4, -0.2) is 39.3 Å². The predicted molar refractivity (Wildman–Crippen MR) is 123 cm³/mol. The molecule has 2 heterocycles. The molecule has 0 amide bonds. The zero-order chi connectivity index (χ0) is 24.1. The highest BCUT2D eigenvalue weighted by Crippen LogP contribution is 2.33. The molecule has 0 radical (unpaired) electrons. The lowest BCUT2D eigenvalue weighted by atomic mass is 10.1. The largest absolute Gasteiger partial charge is 0.493 e. The number of aryl methyl sites for hydroxylation is 2. The van der Waals surface area contributed by atoms with E-state index >= 15 is 0 Å². The van der Waals surface area contributed by atoms with E-state index in [9.17, 15) is 14.4 Å². The average molecular weight is 456 g/mol. The minimum Gasteiger partial charge on any atom is -0.493 e. The number of allylic oxidation sites excluding steroid dienone is 1. The quantitative estimate of drug-likeness (QED) is 0.367. The van der Waals surface area contributed by atoms with Gasteiger partial charge in [0, 0.05) is 19.2 Å². The van der Waals surface area contributed by atoms with E-state index < -0.39 is 17.2 Å². The number of aromatic amines is 1. The normalized spacial score (nSPS) is 10.9. The SMILES string of the molecule is C=CCc1cc(C(=O)OCc2nc3c(c(=O)[nH]c(=O)n3CCCC)n2C)cc(OC)c1OC. The van der Waals surface area contributed by atoms with Gasteiger partial charge in [0.15, 0.2) is 22.7 Å². The number of aromatic nitrogens is 4. The number of nitrogens with zero attached hydrogens (tertiary/aromatic N) is 3. The number of methoxy groups -OCH3 is 2. The number of fused-ring (bicyclic) bond motifs is 1. The zero-order valence-corrected chi connectivity index (χ0v) is 19.3. The summed E-state index contributed by atoms with van der Waals surface area (Å²) in [6.07, 6.45) is 3.81. The summed E-state index contributed by atoms with van der Waals surface area (Å²) in [4.78, 5) is 44.2. The second-order valence-electron chi connectivity index (χ2n) is 7.46. The molecule has 3 rings (SSSR count). The van der Waals surface area contributed by atoms with Gasteiger partial charge < -0.3 is 18.8 Å². The van der Waals surface area contributed by atoms with Crippen molar-refractivity contribution in [2.24, 2.45) is 7.05 Å². The van der Waals surface area contributed by atoms with Crippen molar-refractivity contribution in [3.05, 3.63) is 62.6 Å². The Hall–Kier alpha value is -3.82. The summed E-state index contributed by atoms with van der Waals surface area (Å²) in [5.74, 6) is 0.670. The van der Waals surface area contributed by atoms with Crippen molar-refractivity contribution in [1.29, 1.82) is 0 Å². The molecular weight excluding hydrogens is 428 g/mol. The number of imidazole rings is 1. The molecule has 0 saturated carbocycles. The fourth-order valence-electron chi connectivity index (χ4n) is 3.63. The Kier molecular flexibility index (Phi) is 7.37. The summed E-state index contributed by atoms with van der Waals surface area (Å²) < 4.78 is 19.2. The van der Waals surface area contributed by atoms with Gasteiger partial charge in [0.05, 0.1) is 19.8 Å². The molecule has 33 heavy (non-hydrogen) atoms. The van der Waals surface area contributed by atoms with Gasteiger partial charge in [0.2, 0.25) is 0 Å². The number of hydrogen-bond donors (Lipinski definition) is 1. The summed E-state index contributed by atoms with van der Waals surface area (Å²) in [5.41, 5.74) is 0.474. The highest BCUT2D eigenvalue weighted by Gasteiger charge is 2.20. The number of H-pyrrole nitrogens is 1. The molecule has 10 nitrogen and oxygen atoms in total. The van der Waals surface area contributed by atoms with Crippen LogP contribution in [0.2, 0.25) is 0 Å². The molecule has 0 aliphatic rings. The molecule has 176 valence electrons. The van der Waals surface area contributed by atoms with Crippen LogP contribution in [0.4, 0.5) is 0 Å². The van der Waals surface area contributed by atoms with Crippen molar-refractivity contribution < 1.29 is 19.0 Å². The summed E-state index contributed by atoms with van der Waals surface area (Å²) >= 11 is 0. The lowest BCUT2D eigenvalue weighted by Gasteiger charge is -2.14. The van der Waals surface area contributed by atoms with Crippen molar-refractivity contribution in [2.75, 3.05) is 14.2 Å². The van der Waals surface area contributed by atoms with Crippen LogP contribution in [0.25, 0.3) is 11.2 Å². The standard InChI is InChI=1S/C23H28N4O6/c1-6-8-10-27-20-18(21(28)25-23(27)30)26(3)17(24-20)13-33-22(29)15-11-14(9-7-2)19(32-5)16(12-15)31-4/h7,11-12H,2,6,8-10,13H2,1,3-5H3,(H,25,28,30). The van der Waals surface area contributed by atoms with Gasteiger partial charge in [-0.1, -0.05) is 19.4 Å². The molecule has 0 saturated heterocycles. The second kappa shape index (κ2) is 10.2. The topological polar surface area (TPSA) is 117 Å². The Morgan fingerprint density at radius 3 is 2.64 bits per heavy atom. The van der Waals surface area contributed by atoms with E-state index in [4.69, 9.17) is 14.2 Å². The van der Waals surface area contributed by atoms with E-state index in [1.54, 1.807) is 19.2 Å². The highest BCUT2D eigenvalue weighted by molar-refractivity contribution is 5.90. The Bertz CT molecular complexity index is 1300. The minimum atomic E-state index is -0.592. The second-order valence-corrected chi connectivity index (χ2v) is 7.46. The lowest BCUT2D eigenvalue weighted by molar-refractivity contribution is 0.0459. The van der Waals surface area contributed by atoms with Gasteiger partial charge >= 0.3 is 11.7 Å². The fraction of sp³-hybridized carbons (Fsp3) is 0.391. The van der Waals surface area contributed by atoms with Crippen LogP contribution in [-0.2, 0) is 31.4 Å². The van der Waals surface area contributed by atoms with Crippen LogP contribution < -0.4 is 20.7 Å². The summed E-state index contributed by atoms with van der Waals surface area (Å²) in [7, 11) is 4.65. The number of ether oxygens (including phenoxy) is 3. The molecule has 0 aliphatic heterocycles. The number of carbonyl (C=O) groups excluding carboxylic acids is 1. The van der Waals surface area contributed by atoms with Gasteiger partial charge in [0.25, 0.3) is 5.56 Å². The lowest BCUT2D eigenvalue weighted by Crippen LogP contribution is -2.31. The molecule has 0 spiro atoms. The van der Waals surface area contributed by atoms with E-state index in [1.165, 1.54) is 29.4 Å². The Labute approximate surface area is 190 Å². The first-order valence-electron chi connectivity index (χ1n) is 10.6. The third-order valence-corrected chi connectivity index (χ3v) is 5.33. The number of carbonyl (C=O) groups is 1. The fourth-order valence-corrected chi connectivity index (χ4v) is 3.63. The van der Waals surface area contributed by atoms with Gasteiger partial charge in [0.1, 0.15) is 12.4 Å². The zero-order valence-electron chi connectivity index (χ0n) is 19.3. The third-order valence-electron chi connectivity index (χ3n) is 5.33. The molecule has 1 aromatic carbocycles. The number of rotatable bonds is 10. The van der Waals surface area contributed by atoms with Crippen LogP contribution in [0.1, 0.15) is 41.5 Å². The van der Waals surface area contributed by atoms with Gasteiger partial charge in [-0.2, -0.15) is 0 Å². The average Bonchev–Trinajstić information content (AvgIpc) is 3.13. The molecule has 3 aromatic rings. The Morgan fingerprint density at radius 2 is 2.00 bits per heavy atom. The molecule has 0 aliphatic carbocycles. The number of unbranched alkanes of at least 4 members (excludes halogenated alkanes) is 1. The van der Waals surface area contributed by atoms with Crippen LogP contribution in [0.5, 0.6) is 11.5 Å². The first-order chi connectivity index (χ1) is 15.9. The summed E-state index contributed by atoms with van der Waals surface area (Å²) in [6.45, 7) is 5.98. The van der Waals surface area contributed by atoms with E-state index in [0.717, 1.165) is 18.4 Å². The molecular formula is C23H28N4O6. The molecule has 0 bridgehead atoms. The van der Waals surface area contributed by atoms with Crippen LogP contribution in [0.15, 0.2) is 34.4 Å². The maximum absolute atomic E-state index is 12.8. The van der Waals surface area contributed by atoms with E-state index in [0.29, 0.717) is 30.3 Å². The number of hydrogen-bond acceptors (Lipinski definition) is 7. The molecule has 2 aromatic heterocycles. The van der Waals surface area contributed by atoms with Gasteiger partial charge in [-0.05, 0) is 25.0 Å². The smallest absolute Gasteiger partial charge is 0.338 e. The predicted octanol–water partition coefficient (Wildman–Crippen LogP) is 2.33. The Morgan fingerprint density at radius 1 is 1.24 bits per heavy atom. The van der Waals surface area contributed by atoms with Gasteiger partial charge in [-0.3, -0.25) is 14.3 Å². The number of nitrogens with one attached hydrogen (secondary N) is 1. The van der Waals surface area contributed by atoms with E-state index in [2.05, 4.69) is 16.5 Å². The van der Waals surface area contributed by atoms with Gasteiger partial charge in [-0.15, -0.1) is 6.58 Å². The maximum Gasteiger partial charge on any atom is 0.338 e. The third kappa shape index (κ3) is 4.69. The van der Waals surface area contributed by atoms with Gasteiger partial charge in [-0.25, -0.2) is 14.6 Å². The monoisotopic (exact) mass is 456 g/mol. The first kappa shape index (κ1) is 23.8. The van der Waals surface area contributed by atoms with Crippen molar-refractivity contribution in [3.8, 4) is 11.5 Å². The summed E-state index contributed by atoms with van der Waals surface area (Å²) in [5, 5.41) is 0. The number of esters is 1. The van der Waals surface area contributed by atoms with Crippen molar-refractivity contribution >= 4 is 17.1 Å². The maximum atomic E-state index is 12.8. The first-order valence-corrected chi connectivity index (χ1v) is 10.6. The van der Waals surface area contributed by atoms with E-state index in [-0.39, 0.29) is 23.3 Å². The number of benzene rings is 1. The van der Waals surface area contributed by atoms with Crippen LogP contribution in [0, 0.1) is 0 Å². The van der Waals surface area contributed by atoms with Crippen molar-refractivity contribution in [3.63, 3.8) is 0 Å². The molecule has 1 N–H and O–H groups in total. The van der Waals surface area contributed by atoms with Crippen LogP contribution in [0.3, 0.4) is 0 Å². The van der Waals surface area contributed by atoms with Crippen LogP contribution >= 0.6 is 0 Å². The minimum absolute atomic E-state index is 0.184. The van der Waals surface area contributed by atoms with Crippen molar-refractivity contribution in [2.45, 2.75) is 39.3 Å². The van der Waals surface area contributed by atoms with E-state index in [1.807, 2.05) is 6.92 Å². The molecule has 0 fully saturated rings. The summed E-state index contributed by atoms with van der Waals surface area (Å²) in [6, 6.07) is 3.20. The molecule has 0 unspecified atom stereocenters. The Balaban J connectivity index is 1.92. The molecule has 0 atom stereocenters.